The second-order valence-corrected chi connectivity index (χ2v) is 19.4. The largest absolute Gasteiger partial charge is 0.522 e. The van der Waals surface area contributed by atoms with E-state index >= 15 is 0 Å². The Balaban J connectivity index is 0.00000544. The number of para-hydroxylation sites is 3. The fourth-order valence-electron chi connectivity index (χ4n) is 8.70. The summed E-state index contributed by atoms with van der Waals surface area (Å²) in [6.07, 6.45) is 6.57. The van der Waals surface area contributed by atoms with E-state index in [0.29, 0.717) is 17.3 Å². The number of benzene rings is 5. The zero-order valence-electron chi connectivity index (χ0n) is 37.9. The molecule has 4 aromatic heterocycles. The molecule has 0 unspecified atom stereocenters. The first kappa shape index (κ1) is 43.8. The van der Waals surface area contributed by atoms with Crippen LogP contribution in [0.5, 0.6) is 11.5 Å². The van der Waals surface area contributed by atoms with Crippen molar-refractivity contribution in [2.45, 2.75) is 92.9 Å². The van der Waals surface area contributed by atoms with Gasteiger partial charge in [-0.3, -0.25) is 14.1 Å². The van der Waals surface area contributed by atoms with Crippen LogP contribution in [0.2, 0.25) is 0 Å². The fraction of sp³-hybridized carbons (Fsp3) is 0.268. The van der Waals surface area contributed by atoms with E-state index in [0.717, 1.165) is 62.0 Å². The Morgan fingerprint density at radius 2 is 1.38 bits per heavy atom. The third kappa shape index (κ3) is 8.63. The van der Waals surface area contributed by atoms with Crippen LogP contribution < -0.4 is 9.30 Å². The number of pyridine rings is 2. The molecular weight excluding hydrogens is 954 g/mol. The molecule has 9 rings (SSSR count). The average molecular weight is 1010 g/mol. The van der Waals surface area contributed by atoms with Crippen molar-refractivity contribution >= 4 is 32.8 Å². The molecule has 0 aliphatic rings. The van der Waals surface area contributed by atoms with Gasteiger partial charge in [-0.1, -0.05) is 153 Å². The molecule has 0 bridgehead atoms. The van der Waals surface area contributed by atoms with Gasteiger partial charge in [0, 0.05) is 38.5 Å². The Kier molecular flexibility index (Phi) is 11.8. The van der Waals surface area contributed by atoms with Crippen molar-refractivity contribution in [3.8, 4) is 40.1 Å². The number of ether oxygens (including phenoxy) is 1. The van der Waals surface area contributed by atoms with Gasteiger partial charge in [0.2, 0.25) is 0 Å². The first-order valence-corrected chi connectivity index (χ1v) is 21.9. The second kappa shape index (κ2) is 17.0. The van der Waals surface area contributed by atoms with Gasteiger partial charge in [0.15, 0.2) is 0 Å². The number of nitrogens with zero attached hydrogens (tertiary/aromatic N) is 5. The van der Waals surface area contributed by atoms with E-state index in [9.17, 15) is 0 Å². The monoisotopic (exact) mass is 1010 g/mol. The zero-order valence-corrected chi connectivity index (χ0v) is 40.2. The average Bonchev–Trinajstić information content (AvgIpc) is 3.79. The smallest absolute Gasteiger partial charge is 0.269 e. The van der Waals surface area contributed by atoms with Crippen LogP contribution in [0.25, 0.3) is 61.4 Å². The van der Waals surface area contributed by atoms with Gasteiger partial charge in [0.1, 0.15) is 5.82 Å². The van der Waals surface area contributed by atoms with Crippen molar-refractivity contribution in [2.24, 2.45) is 5.41 Å². The quantitative estimate of drug-likeness (QED) is 0.107. The van der Waals surface area contributed by atoms with E-state index in [4.69, 9.17) is 14.7 Å². The van der Waals surface area contributed by atoms with Gasteiger partial charge in [-0.05, 0) is 98.5 Å². The van der Waals surface area contributed by atoms with Crippen molar-refractivity contribution in [1.82, 2.24) is 19.1 Å². The minimum absolute atomic E-state index is 0. The molecular formula is C56H55N5OPt-2. The van der Waals surface area contributed by atoms with Crippen molar-refractivity contribution in [1.29, 1.82) is 0 Å². The Hall–Kier alpha value is -5.84. The molecule has 0 aliphatic heterocycles. The van der Waals surface area contributed by atoms with E-state index in [1.165, 1.54) is 22.3 Å². The first-order valence-electron chi connectivity index (χ1n) is 21.9. The number of fused-ring (bicyclic) bond motifs is 4. The fourth-order valence-corrected chi connectivity index (χ4v) is 8.70. The van der Waals surface area contributed by atoms with Crippen LogP contribution in [-0.2, 0) is 32.9 Å². The minimum Gasteiger partial charge on any atom is -0.522 e. The van der Waals surface area contributed by atoms with E-state index in [2.05, 4.69) is 206 Å². The van der Waals surface area contributed by atoms with E-state index in [1.54, 1.807) is 0 Å². The van der Waals surface area contributed by atoms with Crippen molar-refractivity contribution in [2.75, 3.05) is 0 Å². The molecule has 0 N–H and O–H groups in total. The molecule has 63 heavy (non-hydrogen) atoms. The second-order valence-electron chi connectivity index (χ2n) is 19.4. The Bertz CT molecular complexity index is 3100. The maximum Gasteiger partial charge on any atom is 0.269 e. The van der Waals surface area contributed by atoms with Gasteiger partial charge < -0.3 is 9.30 Å². The molecule has 0 saturated carbocycles. The topological polar surface area (TPSA) is 48.8 Å². The molecule has 0 amide bonds. The summed E-state index contributed by atoms with van der Waals surface area (Å²) in [5.74, 6) is 3.08. The normalized spacial score (nSPS) is 12.2. The van der Waals surface area contributed by atoms with Gasteiger partial charge in [0.05, 0.1) is 22.5 Å². The van der Waals surface area contributed by atoms with E-state index < -0.39 is 0 Å². The molecule has 0 fully saturated rings. The number of hydrogen-bond acceptors (Lipinski definition) is 3. The number of imidazole rings is 1. The first-order chi connectivity index (χ1) is 29.6. The Morgan fingerprint density at radius 1 is 0.683 bits per heavy atom. The van der Waals surface area contributed by atoms with Gasteiger partial charge in [-0.15, -0.1) is 23.6 Å². The predicted molar refractivity (Wildman–Crippen MR) is 253 cm³/mol. The van der Waals surface area contributed by atoms with Crippen molar-refractivity contribution in [3.63, 3.8) is 0 Å². The zero-order chi connectivity index (χ0) is 43.5. The molecule has 9 aromatic rings. The summed E-state index contributed by atoms with van der Waals surface area (Å²) in [5.41, 5.74) is 12.0. The molecule has 4 heterocycles. The molecule has 6 nitrogen and oxygen atoms in total. The van der Waals surface area contributed by atoms with Gasteiger partial charge in [0.25, 0.3) is 6.33 Å². The number of hydrogen-bond donors (Lipinski definition) is 0. The van der Waals surface area contributed by atoms with Crippen molar-refractivity contribution < 1.29 is 30.4 Å². The molecule has 0 saturated heterocycles. The van der Waals surface area contributed by atoms with Crippen molar-refractivity contribution in [3.05, 3.63) is 168 Å². The van der Waals surface area contributed by atoms with Crippen LogP contribution in [0.15, 0.2) is 128 Å². The van der Waals surface area contributed by atoms with Crippen LogP contribution in [0.4, 0.5) is 0 Å². The molecule has 0 atom stereocenters. The third-order valence-electron chi connectivity index (χ3n) is 11.7. The standard InChI is InChI=1S/C56H55N5O.Pt/c1-36(2)43-20-16-21-44(37(3)4)54(43)47-31-42(33-53(58-47)60-35-59(49-23-13-14-24-50(49)60)40-18-15-17-38(29-40)34-55(5,6)7)62-41-25-26-46-45-19-11-12-22-48(45)61(51(46)32-41)52-30-39(27-28-57-52)56(8,9)10;/h11-31,36-37H,34H2,1-10H3;/q-2;. The maximum absolute atomic E-state index is 6.92. The molecule has 322 valence electrons. The Labute approximate surface area is 386 Å². The predicted octanol–water partition coefficient (Wildman–Crippen LogP) is 13.8. The van der Waals surface area contributed by atoms with Gasteiger partial charge >= 0.3 is 0 Å². The molecule has 0 aliphatic carbocycles. The number of rotatable bonds is 9. The summed E-state index contributed by atoms with van der Waals surface area (Å²) in [6.45, 7) is 22.5. The summed E-state index contributed by atoms with van der Waals surface area (Å²) in [7, 11) is 0. The van der Waals surface area contributed by atoms with Crippen LogP contribution >= 0.6 is 0 Å². The van der Waals surface area contributed by atoms with Crippen LogP contribution in [0.1, 0.15) is 103 Å². The van der Waals surface area contributed by atoms with Crippen LogP contribution in [0.3, 0.4) is 0 Å². The number of aromatic nitrogens is 5. The summed E-state index contributed by atoms with van der Waals surface area (Å²) in [5, 5.41) is 2.21. The van der Waals surface area contributed by atoms with E-state index in [1.807, 2.05) is 22.9 Å². The third-order valence-corrected chi connectivity index (χ3v) is 11.7. The maximum atomic E-state index is 6.92. The van der Waals surface area contributed by atoms with Gasteiger partial charge in [-0.25, -0.2) is 4.98 Å². The summed E-state index contributed by atoms with van der Waals surface area (Å²) < 4.78 is 13.3. The van der Waals surface area contributed by atoms with Crippen LogP contribution in [-0.4, -0.2) is 19.1 Å². The summed E-state index contributed by atoms with van der Waals surface area (Å²) >= 11 is 0. The molecule has 5 aromatic carbocycles. The SMILES string of the molecule is CC(C)c1cccc(C(C)C)c1-c1cc(Oc2[c-]c3c(cc2)c2ccccc2n3-c2cc(C(C)(C)C)ccn2)[c-]c(-n2[c-][n+](-c3cccc(CC(C)(C)C)c3)c3ccccc32)n1.[Pt]. The molecule has 7 heteroatoms. The molecule has 0 radical (unpaired) electrons. The van der Waals surface area contributed by atoms with Gasteiger partial charge in [-0.2, -0.15) is 12.1 Å². The van der Waals surface area contributed by atoms with E-state index in [-0.39, 0.29) is 43.7 Å². The summed E-state index contributed by atoms with van der Waals surface area (Å²) in [4.78, 5) is 10.3. The summed E-state index contributed by atoms with van der Waals surface area (Å²) in [6, 6.07) is 50.0. The van der Waals surface area contributed by atoms with Crippen LogP contribution in [0, 0.1) is 23.9 Å². The Morgan fingerprint density at radius 3 is 2.10 bits per heavy atom. The molecule has 0 spiro atoms. The minimum atomic E-state index is -0.0390.